The van der Waals surface area contributed by atoms with Crippen LogP contribution in [0.5, 0.6) is 5.75 Å². The molecule has 0 bridgehead atoms. The Morgan fingerprint density at radius 3 is 2.59 bits per heavy atom. The van der Waals surface area contributed by atoms with E-state index in [1.165, 1.54) is 16.4 Å². The van der Waals surface area contributed by atoms with Gasteiger partial charge in [-0.3, -0.25) is 9.69 Å². The minimum atomic E-state index is -3.75. The second-order valence-electron chi connectivity index (χ2n) is 7.49. The standard InChI is InChI=1S/C22H26N4O5S/c1-2-31-20-8-7-16(32(29,30)26-11-9-25(10-12-26)13-14-27)15-18(20)21-23-19-6-4-3-5-17(19)22(28)24-21/h3-8,15,27H,2,9-14H2,1H3,(H,23,24,28). The molecule has 0 unspecified atom stereocenters. The molecule has 1 saturated heterocycles. The number of aromatic nitrogens is 2. The van der Waals surface area contributed by atoms with Crippen molar-refractivity contribution < 1.29 is 18.3 Å². The molecule has 0 atom stereocenters. The first-order chi connectivity index (χ1) is 15.4. The minimum absolute atomic E-state index is 0.0476. The molecule has 2 N–H and O–H groups in total. The summed E-state index contributed by atoms with van der Waals surface area (Å²) in [7, 11) is -3.75. The molecule has 2 aromatic carbocycles. The number of fused-ring (bicyclic) bond motifs is 1. The van der Waals surface area contributed by atoms with Crippen molar-refractivity contribution in [2.24, 2.45) is 0 Å². The lowest BCUT2D eigenvalue weighted by Crippen LogP contribution is -2.49. The molecular weight excluding hydrogens is 432 g/mol. The molecule has 0 saturated carbocycles. The van der Waals surface area contributed by atoms with Gasteiger partial charge >= 0.3 is 0 Å². The van der Waals surface area contributed by atoms with Crippen LogP contribution in [0.25, 0.3) is 22.3 Å². The largest absolute Gasteiger partial charge is 0.493 e. The molecule has 1 aromatic heterocycles. The lowest BCUT2D eigenvalue weighted by atomic mass is 10.1. The summed E-state index contributed by atoms with van der Waals surface area (Å²) in [5, 5.41) is 9.56. The fourth-order valence-corrected chi connectivity index (χ4v) is 5.28. The zero-order chi connectivity index (χ0) is 22.7. The first-order valence-corrected chi connectivity index (χ1v) is 12.0. The number of nitrogens with zero attached hydrogens (tertiary/aromatic N) is 3. The lowest BCUT2D eigenvalue weighted by Gasteiger charge is -2.33. The van der Waals surface area contributed by atoms with Gasteiger partial charge in [0, 0.05) is 32.7 Å². The second kappa shape index (κ2) is 9.37. The van der Waals surface area contributed by atoms with Gasteiger partial charge in [-0.25, -0.2) is 13.4 Å². The molecule has 0 aliphatic carbocycles. The number of para-hydroxylation sites is 1. The highest BCUT2D eigenvalue weighted by Crippen LogP contribution is 2.32. The Balaban J connectivity index is 1.74. The van der Waals surface area contributed by atoms with Crippen molar-refractivity contribution in [3.8, 4) is 17.1 Å². The number of aliphatic hydroxyl groups excluding tert-OH is 1. The van der Waals surface area contributed by atoms with E-state index in [4.69, 9.17) is 9.84 Å². The molecule has 1 aliphatic rings. The number of aliphatic hydroxyl groups is 1. The van der Waals surface area contributed by atoms with Gasteiger partial charge in [0.25, 0.3) is 5.56 Å². The van der Waals surface area contributed by atoms with Crippen molar-refractivity contribution in [2.45, 2.75) is 11.8 Å². The maximum absolute atomic E-state index is 13.3. The van der Waals surface area contributed by atoms with E-state index in [1.54, 1.807) is 30.3 Å². The molecule has 0 spiro atoms. The molecule has 4 rings (SSSR count). The Bertz CT molecular complexity index is 1270. The molecule has 1 fully saturated rings. The summed E-state index contributed by atoms with van der Waals surface area (Å²) in [6, 6.07) is 11.6. The summed E-state index contributed by atoms with van der Waals surface area (Å²) in [5.41, 5.74) is 0.623. The predicted octanol–water partition coefficient (Wildman–Crippen LogP) is 1.29. The molecule has 32 heavy (non-hydrogen) atoms. The summed E-state index contributed by atoms with van der Waals surface area (Å²) < 4.78 is 33.8. The first kappa shape index (κ1) is 22.4. The Morgan fingerprint density at radius 2 is 1.88 bits per heavy atom. The van der Waals surface area contributed by atoms with Crippen molar-refractivity contribution in [1.29, 1.82) is 0 Å². The van der Waals surface area contributed by atoms with Gasteiger partial charge in [-0.15, -0.1) is 0 Å². The summed E-state index contributed by atoms with van der Waals surface area (Å²) in [4.78, 5) is 22.0. The van der Waals surface area contributed by atoms with Gasteiger partial charge in [0.05, 0.1) is 34.6 Å². The maximum atomic E-state index is 13.3. The molecule has 1 aliphatic heterocycles. The number of sulfonamides is 1. The van der Waals surface area contributed by atoms with E-state index < -0.39 is 10.0 Å². The Hall–Kier alpha value is -2.79. The van der Waals surface area contributed by atoms with Crippen LogP contribution < -0.4 is 10.3 Å². The molecule has 9 nitrogen and oxygen atoms in total. The number of ether oxygens (including phenoxy) is 1. The van der Waals surface area contributed by atoms with Crippen LogP contribution in [0.2, 0.25) is 0 Å². The SMILES string of the molecule is CCOc1ccc(S(=O)(=O)N2CCN(CCO)CC2)cc1-c1nc2ccccc2c(=O)[nH]1. The van der Waals surface area contributed by atoms with E-state index in [2.05, 4.69) is 9.97 Å². The summed E-state index contributed by atoms with van der Waals surface area (Å²) in [6.07, 6.45) is 0. The van der Waals surface area contributed by atoms with Crippen LogP contribution in [0.4, 0.5) is 0 Å². The van der Waals surface area contributed by atoms with E-state index in [1.807, 2.05) is 11.8 Å². The monoisotopic (exact) mass is 458 g/mol. The molecule has 0 radical (unpaired) electrons. The van der Waals surface area contributed by atoms with Crippen molar-refractivity contribution in [3.63, 3.8) is 0 Å². The third kappa shape index (κ3) is 4.40. The van der Waals surface area contributed by atoms with E-state index in [0.29, 0.717) is 61.5 Å². The molecule has 2 heterocycles. The van der Waals surface area contributed by atoms with Gasteiger partial charge in [0.1, 0.15) is 11.6 Å². The van der Waals surface area contributed by atoms with Crippen LogP contribution in [0, 0.1) is 0 Å². The summed E-state index contributed by atoms with van der Waals surface area (Å²) in [5.74, 6) is 0.694. The molecular formula is C22H26N4O5S. The Morgan fingerprint density at radius 1 is 1.12 bits per heavy atom. The summed E-state index contributed by atoms with van der Waals surface area (Å²) in [6.45, 7) is 4.59. The summed E-state index contributed by atoms with van der Waals surface area (Å²) >= 11 is 0. The zero-order valence-electron chi connectivity index (χ0n) is 17.8. The minimum Gasteiger partial charge on any atom is -0.493 e. The zero-order valence-corrected chi connectivity index (χ0v) is 18.6. The van der Waals surface area contributed by atoms with Crippen molar-refractivity contribution in [2.75, 3.05) is 45.9 Å². The van der Waals surface area contributed by atoms with Crippen LogP contribution in [-0.4, -0.2) is 78.6 Å². The number of hydrogen-bond donors (Lipinski definition) is 2. The van der Waals surface area contributed by atoms with Gasteiger partial charge in [-0.05, 0) is 37.3 Å². The van der Waals surface area contributed by atoms with E-state index in [9.17, 15) is 13.2 Å². The van der Waals surface area contributed by atoms with Crippen LogP contribution in [0.15, 0.2) is 52.2 Å². The van der Waals surface area contributed by atoms with Gasteiger partial charge in [0.15, 0.2) is 0 Å². The number of β-amino-alcohol motifs (C(OH)–C–C–N with tert-alkyl or cyclic N) is 1. The number of piperazine rings is 1. The van der Waals surface area contributed by atoms with Crippen LogP contribution in [0.3, 0.4) is 0 Å². The molecule has 0 amide bonds. The van der Waals surface area contributed by atoms with Gasteiger partial charge in [-0.1, -0.05) is 12.1 Å². The number of aromatic amines is 1. The lowest BCUT2D eigenvalue weighted by molar-refractivity contribution is 0.151. The topological polar surface area (TPSA) is 116 Å². The highest BCUT2D eigenvalue weighted by molar-refractivity contribution is 7.89. The quantitative estimate of drug-likeness (QED) is 0.548. The van der Waals surface area contributed by atoms with Crippen LogP contribution >= 0.6 is 0 Å². The highest BCUT2D eigenvalue weighted by Gasteiger charge is 2.29. The number of rotatable bonds is 7. The van der Waals surface area contributed by atoms with Gasteiger partial charge in [-0.2, -0.15) is 4.31 Å². The van der Waals surface area contributed by atoms with Crippen molar-refractivity contribution >= 4 is 20.9 Å². The molecule has 170 valence electrons. The molecule has 3 aromatic rings. The van der Waals surface area contributed by atoms with E-state index >= 15 is 0 Å². The normalized spacial score (nSPS) is 15.8. The van der Waals surface area contributed by atoms with Crippen molar-refractivity contribution in [3.05, 3.63) is 52.8 Å². The molecule has 10 heteroatoms. The van der Waals surface area contributed by atoms with Crippen molar-refractivity contribution in [1.82, 2.24) is 19.2 Å². The average molecular weight is 459 g/mol. The van der Waals surface area contributed by atoms with Crippen LogP contribution in [0.1, 0.15) is 6.92 Å². The number of H-pyrrole nitrogens is 1. The Labute approximate surface area is 186 Å². The fourth-order valence-electron chi connectivity index (χ4n) is 3.83. The number of benzene rings is 2. The maximum Gasteiger partial charge on any atom is 0.259 e. The third-order valence-corrected chi connectivity index (χ3v) is 7.40. The number of nitrogens with one attached hydrogen (secondary N) is 1. The van der Waals surface area contributed by atoms with E-state index in [-0.39, 0.29) is 22.9 Å². The smallest absolute Gasteiger partial charge is 0.259 e. The Kier molecular flexibility index (Phi) is 6.56. The fraction of sp³-hybridized carbons (Fsp3) is 0.364. The third-order valence-electron chi connectivity index (χ3n) is 5.50. The number of hydrogen-bond acceptors (Lipinski definition) is 7. The van der Waals surface area contributed by atoms with Gasteiger partial charge in [0.2, 0.25) is 10.0 Å². The average Bonchev–Trinajstić information content (AvgIpc) is 2.80. The van der Waals surface area contributed by atoms with E-state index in [0.717, 1.165) is 0 Å². The highest BCUT2D eigenvalue weighted by atomic mass is 32.2. The first-order valence-electron chi connectivity index (χ1n) is 10.5. The van der Waals surface area contributed by atoms with Gasteiger partial charge < -0.3 is 14.8 Å². The van der Waals surface area contributed by atoms with Crippen LogP contribution in [-0.2, 0) is 10.0 Å². The predicted molar refractivity (Wildman–Crippen MR) is 121 cm³/mol. The second-order valence-corrected chi connectivity index (χ2v) is 9.43.